The van der Waals surface area contributed by atoms with Gasteiger partial charge in [0.1, 0.15) is 5.60 Å². The molecule has 0 aromatic rings. The van der Waals surface area contributed by atoms with E-state index in [1.54, 1.807) is 0 Å². The van der Waals surface area contributed by atoms with Crippen LogP contribution in [-0.2, 0) is 9.53 Å². The molecular formula is C7H12BrNO3. The van der Waals surface area contributed by atoms with Gasteiger partial charge in [0.25, 0.3) is 0 Å². The van der Waals surface area contributed by atoms with E-state index in [1.165, 1.54) is 0 Å². The minimum atomic E-state index is -0.849. The van der Waals surface area contributed by atoms with Crippen LogP contribution in [0.3, 0.4) is 0 Å². The van der Waals surface area contributed by atoms with E-state index in [2.05, 4.69) is 21.2 Å². The third kappa shape index (κ3) is 2.73. The van der Waals surface area contributed by atoms with Crippen molar-refractivity contribution in [2.24, 2.45) is 0 Å². The van der Waals surface area contributed by atoms with Gasteiger partial charge in [-0.15, -0.1) is 0 Å². The van der Waals surface area contributed by atoms with Gasteiger partial charge in [0.2, 0.25) is 5.91 Å². The van der Waals surface area contributed by atoms with Gasteiger partial charge in [-0.05, 0) is 0 Å². The standard InChI is InChI=1S/C7H12BrNO3/c8-3-6(10)9-4-7(11)1-2-12-5-7/h11H,1-5H2,(H,9,10). The quantitative estimate of drug-likeness (QED) is 0.660. The fourth-order valence-corrected chi connectivity index (χ4v) is 1.24. The lowest BCUT2D eigenvalue weighted by atomic mass is 10.0. The van der Waals surface area contributed by atoms with E-state index in [0.717, 1.165) is 0 Å². The highest BCUT2D eigenvalue weighted by Crippen LogP contribution is 2.16. The molecule has 1 atom stereocenters. The molecule has 1 fully saturated rings. The Morgan fingerprint density at radius 3 is 3.00 bits per heavy atom. The Morgan fingerprint density at radius 2 is 2.50 bits per heavy atom. The number of hydrogen-bond donors (Lipinski definition) is 2. The summed E-state index contributed by atoms with van der Waals surface area (Å²) in [6.07, 6.45) is 0.593. The second kappa shape index (κ2) is 4.20. The van der Waals surface area contributed by atoms with Gasteiger partial charge < -0.3 is 15.2 Å². The van der Waals surface area contributed by atoms with E-state index in [4.69, 9.17) is 4.74 Å². The molecule has 0 spiro atoms. The third-order valence-electron chi connectivity index (χ3n) is 1.82. The molecule has 0 bridgehead atoms. The predicted molar refractivity (Wildman–Crippen MR) is 47.2 cm³/mol. The van der Waals surface area contributed by atoms with Gasteiger partial charge in [-0.2, -0.15) is 0 Å². The lowest BCUT2D eigenvalue weighted by Crippen LogP contribution is -2.43. The number of aliphatic hydroxyl groups is 1. The van der Waals surface area contributed by atoms with Gasteiger partial charge >= 0.3 is 0 Å². The molecule has 2 N–H and O–H groups in total. The van der Waals surface area contributed by atoms with Crippen molar-refractivity contribution < 1.29 is 14.6 Å². The Hall–Kier alpha value is -0.130. The van der Waals surface area contributed by atoms with Gasteiger partial charge in [0.05, 0.1) is 11.9 Å². The van der Waals surface area contributed by atoms with Crippen molar-refractivity contribution >= 4 is 21.8 Å². The molecule has 1 aliphatic rings. The Morgan fingerprint density at radius 1 is 1.75 bits per heavy atom. The topological polar surface area (TPSA) is 58.6 Å². The largest absolute Gasteiger partial charge is 0.386 e. The summed E-state index contributed by atoms with van der Waals surface area (Å²) in [5.74, 6) is -0.115. The van der Waals surface area contributed by atoms with Crippen molar-refractivity contribution in [3.8, 4) is 0 Å². The fourth-order valence-electron chi connectivity index (χ4n) is 1.05. The first-order valence-corrected chi connectivity index (χ1v) is 4.91. The highest BCUT2D eigenvalue weighted by molar-refractivity contribution is 9.09. The van der Waals surface area contributed by atoms with E-state index in [1.807, 2.05) is 0 Å². The molecule has 1 amide bonds. The van der Waals surface area contributed by atoms with Crippen LogP contribution in [0, 0.1) is 0 Å². The molecule has 1 saturated heterocycles. The van der Waals surface area contributed by atoms with Crippen molar-refractivity contribution in [3.05, 3.63) is 0 Å². The minimum Gasteiger partial charge on any atom is -0.386 e. The number of nitrogens with one attached hydrogen (secondary N) is 1. The van der Waals surface area contributed by atoms with Crippen LogP contribution < -0.4 is 5.32 Å². The normalized spacial score (nSPS) is 28.8. The second-order valence-corrected chi connectivity index (χ2v) is 3.50. The molecule has 1 heterocycles. The molecule has 4 nitrogen and oxygen atoms in total. The van der Waals surface area contributed by atoms with Crippen LogP contribution in [-0.4, -0.2) is 41.7 Å². The average Bonchev–Trinajstić information content (AvgIpc) is 2.49. The molecular weight excluding hydrogens is 226 g/mol. The number of ether oxygens (including phenoxy) is 1. The van der Waals surface area contributed by atoms with Gasteiger partial charge in [-0.3, -0.25) is 4.79 Å². The monoisotopic (exact) mass is 237 g/mol. The summed E-state index contributed by atoms with van der Waals surface area (Å²) in [5, 5.41) is 12.5. The molecule has 0 aliphatic carbocycles. The number of rotatable bonds is 3. The molecule has 5 heteroatoms. The van der Waals surface area contributed by atoms with E-state index in [0.29, 0.717) is 19.6 Å². The summed E-state index contributed by atoms with van der Waals surface area (Å²) in [7, 11) is 0. The van der Waals surface area contributed by atoms with Crippen LogP contribution in [0.2, 0.25) is 0 Å². The van der Waals surface area contributed by atoms with Crippen molar-refractivity contribution in [1.29, 1.82) is 0 Å². The molecule has 70 valence electrons. The highest BCUT2D eigenvalue weighted by atomic mass is 79.9. The van der Waals surface area contributed by atoms with Crippen molar-refractivity contribution in [2.45, 2.75) is 12.0 Å². The van der Waals surface area contributed by atoms with Crippen LogP contribution in [0.1, 0.15) is 6.42 Å². The highest BCUT2D eigenvalue weighted by Gasteiger charge is 2.32. The summed E-state index contributed by atoms with van der Waals surface area (Å²) in [6, 6.07) is 0. The first-order chi connectivity index (χ1) is 5.66. The number of amides is 1. The van der Waals surface area contributed by atoms with E-state index >= 15 is 0 Å². The molecule has 0 radical (unpaired) electrons. The van der Waals surface area contributed by atoms with Crippen LogP contribution in [0.5, 0.6) is 0 Å². The number of carbonyl (C=O) groups is 1. The number of hydrogen-bond acceptors (Lipinski definition) is 3. The van der Waals surface area contributed by atoms with Gasteiger partial charge in [-0.25, -0.2) is 0 Å². The summed E-state index contributed by atoms with van der Waals surface area (Å²) in [6.45, 7) is 1.16. The van der Waals surface area contributed by atoms with Crippen molar-refractivity contribution in [3.63, 3.8) is 0 Å². The van der Waals surface area contributed by atoms with Crippen molar-refractivity contribution in [2.75, 3.05) is 25.1 Å². The first kappa shape index (κ1) is 9.95. The van der Waals surface area contributed by atoms with E-state index in [9.17, 15) is 9.90 Å². The second-order valence-electron chi connectivity index (χ2n) is 2.94. The molecule has 0 aromatic carbocycles. The molecule has 12 heavy (non-hydrogen) atoms. The lowest BCUT2D eigenvalue weighted by Gasteiger charge is -2.20. The SMILES string of the molecule is O=C(CBr)NCC1(O)CCOC1. The van der Waals surface area contributed by atoms with Gasteiger partial charge in [0, 0.05) is 19.6 Å². The Balaban J connectivity index is 2.25. The maximum Gasteiger partial charge on any atom is 0.230 e. The molecule has 1 aliphatic heterocycles. The average molecular weight is 238 g/mol. The van der Waals surface area contributed by atoms with Crippen LogP contribution in [0.4, 0.5) is 0 Å². The summed E-state index contributed by atoms with van der Waals surface area (Å²) in [4.78, 5) is 10.8. The predicted octanol–water partition coefficient (Wildman–Crippen LogP) is -0.351. The Labute approximate surface area is 79.4 Å². The summed E-state index contributed by atoms with van der Waals surface area (Å²) >= 11 is 3.02. The third-order valence-corrected chi connectivity index (χ3v) is 2.33. The zero-order valence-electron chi connectivity index (χ0n) is 6.68. The summed E-state index contributed by atoms with van der Waals surface area (Å²) in [5.41, 5.74) is -0.849. The zero-order chi connectivity index (χ0) is 9.03. The van der Waals surface area contributed by atoms with Gasteiger partial charge in [0.15, 0.2) is 0 Å². The van der Waals surface area contributed by atoms with Crippen LogP contribution in [0.15, 0.2) is 0 Å². The smallest absolute Gasteiger partial charge is 0.230 e. The number of carbonyl (C=O) groups excluding carboxylic acids is 1. The van der Waals surface area contributed by atoms with E-state index in [-0.39, 0.29) is 17.8 Å². The van der Waals surface area contributed by atoms with Gasteiger partial charge in [-0.1, -0.05) is 15.9 Å². The molecule has 1 unspecified atom stereocenters. The van der Waals surface area contributed by atoms with Crippen molar-refractivity contribution in [1.82, 2.24) is 5.32 Å². The Kier molecular flexibility index (Phi) is 3.49. The number of halogens is 1. The Bertz CT molecular complexity index is 168. The zero-order valence-corrected chi connectivity index (χ0v) is 8.26. The maximum atomic E-state index is 10.8. The molecule has 1 rings (SSSR count). The van der Waals surface area contributed by atoms with Crippen LogP contribution >= 0.6 is 15.9 Å². The van der Waals surface area contributed by atoms with Crippen LogP contribution in [0.25, 0.3) is 0 Å². The molecule has 0 saturated carbocycles. The lowest BCUT2D eigenvalue weighted by molar-refractivity contribution is -0.119. The summed E-state index contributed by atoms with van der Waals surface area (Å²) < 4.78 is 5.01. The molecule has 0 aromatic heterocycles. The first-order valence-electron chi connectivity index (χ1n) is 3.79. The fraction of sp³-hybridized carbons (Fsp3) is 0.857. The number of alkyl halides is 1. The minimum absolute atomic E-state index is 0.115. The van der Waals surface area contributed by atoms with E-state index < -0.39 is 5.60 Å². The maximum absolute atomic E-state index is 10.8.